The highest BCUT2D eigenvalue weighted by molar-refractivity contribution is 6.61. The first-order valence-electron chi connectivity index (χ1n) is 16.8. The first-order valence-corrected chi connectivity index (χ1v) is 16.8. The monoisotopic (exact) mass is 643 g/mol. The second-order valence-electron chi connectivity index (χ2n) is 15.2. The fourth-order valence-corrected chi connectivity index (χ4v) is 9.82. The fourth-order valence-electron chi connectivity index (χ4n) is 9.82. The van der Waals surface area contributed by atoms with E-state index < -0.39 is 66.0 Å². The van der Waals surface area contributed by atoms with Crippen LogP contribution < -0.4 is 10.2 Å². The topological polar surface area (TPSA) is 143 Å². The van der Waals surface area contributed by atoms with Crippen molar-refractivity contribution in [2.45, 2.75) is 104 Å². The van der Waals surface area contributed by atoms with Gasteiger partial charge in [-0.15, -0.1) is 0 Å². The molecule has 12 heteroatoms. The molecular weight excluding hydrogens is 596 g/mol. The highest BCUT2D eigenvalue weighted by atomic mass is 19.1. The van der Waals surface area contributed by atoms with Crippen LogP contribution in [0.5, 0.6) is 5.75 Å². The minimum absolute atomic E-state index is 0.0117. The number of rotatable bonds is 7. The number of ether oxygens (including phenoxy) is 2. The minimum Gasteiger partial charge on any atom is -0.479 e. The van der Waals surface area contributed by atoms with Crippen LogP contribution in [-0.4, -0.2) is 82.9 Å². The van der Waals surface area contributed by atoms with Gasteiger partial charge < -0.3 is 34.3 Å². The van der Waals surface area contributed by atoms with E-state index in [1.807, 2.05) is 20.8 Å². The molecule has 6 rings (SSSR count). The molecule has 5 aliphatic rings. The number of β-amino-alcohol motifs (C(OH)–C–C–N with tert-alkyl or cyclic N) is 1. The van der Waals surface area contributed by atoms with Crippen LogP contribution in [0, 0.1) is 39.8 Å². The maximum absolute atomic E-state index is 15.1. The number of ketones is 1. The third kappa shape index (κ3) is 5.37. The molecule has 1 amide bonds. The Balaban J connectivity index is 1.28. The lowest BCUT2D eigenvalue weighted by Crippen LogP contribution is -2.63. The van der Waals surface area contributed by atoms with Crippen LogP contribution in [0.15, 0.2) is 12.1 Å². The SMILES string of the molecule is C[C@@H]1CC[C@@]23CCC(=O)C2[C@]1(C)[C@H](OC(=O)COc1ccc2c(c1F)B(O)OC2)C[C@@](C)(CCC(=O)N1CCC(O)C1)[C@@H](O)[C@@H]3C. The number of hydrogen-bond acceptors (Lipinski definition) is 9. The van der Waals surface area contributed by atoms with Crippen LogP contribution in [-0.2, 0) is 30.4 Å². The van der Waals surface area contributed by atoms with E-state index in [-0.39, 0.29) is 54.2 Å². The second-order valence-corrected chi connectivity index (χ2v) is 15.2. The molecule has 0 radical (unpaired) electrons. The Morgan fingerprint density at radius 2 is 1.93 bits per heavy atom. The molecule has 2 unspecified atom stereocenters. The molecule has 4 fully saturated rings. The summed E-state index contributed by atoms with van der Waals surface area (Å²) in [6, 6.07) is 2.97. The van der Waals surface area contributed by atoms with Crippen molar-refractivity contribution < 1.29 is 48.1 Å². The molecule has 9 atom stereocenters. The second kappa shape index (κ2) is 12.2. The highest BCUT2D eigenvalue weighted by Crippen LogP contribution is 2.68. The zero-order chi connectivity index (χ0) is 33.2. The number of halogens is 1. The molecule has 1 aromatic rings. The van der Waals surface area contributed by atoms with Crippen LogP contribution in [0.1, 0.15) is 84.6 Å². The van der Waals surface area contributed by atoms with Crippen LogP contribution in [0.3, 0.4) is 0 Å². The number of aliphatic hydroxyl groups is 2. The van der Waals surface area contributed by atoms with E-state index in [0.717, 1.165) is 12.8 Å². The molecule has 1 aromatic carbocycles. The molecule has 0 aromatic heterocycles. The summed E-state index contributed by atoms with van der Waals surface area (Å²) in [5, 5.41) is 32.1. The van der Waals surface area contributed by atoms with Crippen molar-refractivity contribution in [2.24, 2.45) is 34.0 Å². The molecule has 0 spiro atoms. The molecule has 3 aliphatic carbocycles. The lowest BCUT2D eigenvalue weighted by Gasteiger charge is -2.62. The fraction of sp³-hybridized carbons (Fsp3) is 0.735. The Morgan fingerprint density at radius 1 is 1.17 bits per heavy atom. The zero-order valence-electron chi connectivity index (χ0n) is 27.3. The number of aliphatic hydroxyl groups excluding tert-OH is 2. The summed E-state index contributed by atoms with van der Waals surface area (Å²) in [5.74, 6) is -2.27. The van der Waals surface area contributed by atoms with E-state index in [4.69, 9.17) is 14.1 Å². The normalized spacial score (nSPS) is 38.7. The van der Waals surface area contributed by atoms with Gasteiger partial charge in [0.05, 0.1) is 18.8 Å². The van der Waals surface area contributed by atoms with Gasteiger partial charge in [0.25, 0.3) is 0 Å². The van der Waals surface area contributed by atoms with Crippen molar-refractivity contribution in [3.63, 3.8) is 0 Å². The Morgan fingerprint density at radius 3 is 2.65 bits per heavy atom. The Labute approximate surface area is 270 Å². The number of amides is 1. The summed E-state index contributed by atoms with van der Waals surface area (Å²) in [5.41, 5.74) is -1.53. The maximum Gasteiger partial charge on any atom is 0.494 e. The predicted octanol–water partition coefficient (Wildman–Crippen LogP) is 2.52. The first-order chi connectivity index (χ1) is 21.7. The van der Waals surface area contributed by atoms with Gasteiger partial charge in [-0.2, -0.15) is 0 Å². The van der Waals surface area contributed by atoms with Crippen LogP contribution in [0.4, 0.5) is 4.39 Å². The lowest BCUT2D eigenvalue weighted by atomic mass is 9.43. The standard InChI is InChI=1S/C34H47BFNO9/c1-19-7-12-34-13-8-23(39)30(34)33(19,4)25(46-27(41)18-44-24-6-5-21-17-45-35(43)28(21)29(24)36)15-32(3,31(42)20(34)2)11-9-26(40)37-14-10-22(38)16-37/h5-6,19-20,22,25,30-31,38,42-43H,7-18H2,1-4H3/t19-,20+,22?,25-,30?,31+,32-,33+,34+/m1/s1. The Kier molecular flexibility index (Phi) is 8.83. The van der Waals surface area contributed by atoms with Crippen molar-refractivity contribution in [1.82, 2.24) is 4.90 Å². The predicted molar refractivity (Wildman–Crippen MR) is 165 cm³/mol. The number of carbonyl (C=O) groups is 3. The summed E-state index contributed by atoms with van der Waals surface area (Å²) in [7, 11) is -1.41. The number of benzene rings is 1. The molecule has 3 N–H and O–H groups in total. The van der Waals surface area contributed by atoms with Crippen molar-refractivity contribution in [2.75, 3.05) is 19.7 Å². The molecule has 2 heterocycles. The van der Waals surface area contributed by atoms with Crippen LogP contribution >= 0.6 is 0 Å². The minimum atomic E-state index is -1.41. The smallest absolute Gasteiger partial charge is 0.479 e. The summed E-state index contributed by atoms with van der Waals surface area (Å²) in [6.45, 7) is 8.40. The van der Waals surface area contributed by atoms with Crippen molar-refractivity contribution >= 4 is 30.2 Å². The third-order valence-electron chi connectivity index (χ3n) is 12.8. The number of fused-ring (bicyclic) bond motifs is 1. The quantitative estimate of drug-likeness (QED) is 0.302. The Bertz CT molecular complexity index is 1390. The lowest BCUT2D eigenvalue weighted by molar-refractivity contribution is -0.213. The first kappa shape index (κ1) is 33.4. The van der Waals surface area contributed by atoms with Gasteiger partial charge in [0.2, 0.25) is 5.91 Å². The summed E-state index contributed by atoms with van der Waals surface area (Å²) >= 11 is 0. The number of carbonyl (C=O) groups excluding carboxylic acids is 3. The summed E-state index contributed by atoms with van der Waals surface area (Å²) in [6.07, 6.45) is 1.81. The van der Waals surface area contributed by atoms with Gasteiger partial charge in [0.1, 0.15) is 11.9 Å². The molecule has 3 saturated carbocycles. The van der Waals surface area contributed by atoms with E-state index in [9.17, 15) is 29.6 Å². The van der Waals surface area contributed by atoms with Gasteiger partial charge in [-0.3, -0.25) is 9.59 Å². The van der Waals surface area contributed by atoms with Gasteiger partial charge in [-0.25, -0.2) is 9.18 Å². The Hall–Kier alpha value is -2.54. The van der Waals surface area contributed by atoms with Gasteiger partial charge in [0, 0.05) is 42.7 Å². The van der Waals surface area contributed by atoms with Crippen molar-refractivity contribution in [1.29, 1.82) is 0 Å². The van der Waals surface area contributed by atoms with Crippen molar-refractivity contribution in [3.8, 4) is 5.75 Å². The number of esters is 1. The van der Waals surface area contributed by atoms with Gasteiger partial charge in [-0.05, 0) is 72.8 Å². The maximum atomic E-state index is 15.1. The van der Waals surface area contributed by atoms with Crippen LogP contribution in [0.25, 0.3) is 0 Å². The number of hydrogen-bond donors (Lipinski definition) is 3. The number of likely N-dealkylation sites (tertiary alicyclic amines) is 1. The molecule has 1 saturated heterocycles. The largest absolute Gasteiger partial charge is 0.494 e. The highest BCUT2D eigenvalue weighted by Gasteiger charge is 2.68. The average molecular weight is 644 g/mol. The molecule has 2 aliphatic heterocycles. The van der Waals surface area contributed by atoms with E-state index >= 15 is 4.39 Å². The summed E-state index contributed by atoms with van der Waals surface area (Å²) in [4.78, 5) is 42.1. The number of Topliss-reactive ketones (excluding diaryl/α,β-unsaturated/α-hetero) is 1. The molecule has 2 bridgehead atoms. The molecule has 252 valence electrons. The van der Waals surface area contributed by atoms with Crippen LogP contribution in [0.2, 0.25) is 0 Å². The van der Waals surface area contributed by atoms with E-state index in [1.54, 1.807) is 11.0 Å². The molecular formula is C34H47BFNO9. The number of nitrogens with zero attached hydrogens (tertiary/aromatic N) is 1. The molecule has 46 heavy (non-hydrogen) atoms. The van der Waals surface area contributed by atoms with Crippen molar-refractivity contribution in [3.05, 3.63) is 23.5 Å². The van der Waals surface area contributed by atoms with E-state index in [1.165, 1.54) is 6.07 Å². The van der Waals surface area contributed by atoms with Gasteiger partial charge in [0.15, 0.2) is 18.2 Å². The van der Waals surface area contributed by atoms with E-state index in [2.05, 4.69) is 6.92 Å². The average Bonchev–Trinajstić information content (AvgIpc) is 3.73. The van der Waals surface area contributed by atoms with Gasteiger partial charge in [-0.1, -0.05) is 33.8 Å². The van der Waals surface area contributed by atoms with Gasteiger partial charge >= 0.3 is 13.1 Å². The third-order valence-corrected chi connectivity index (χ3v) is 12.8. The van der Waals surface area contributed by atoms with E-state index in [0.29, 0.717) is 44.3 Å². The zero-order valence-corrected chi connectivity index (χ0v) is 27.3. The molecule has 10 nitrogen and oxygen atoms in total. The summed E-state index contributed by atoms with van der Waals surface area (Å²) < 4.78 is 32.1.